The normalized spacial score (nSPS) is 16.1. The van der Waals surface area contributed by atoms with E-state index in [1.807, 2.05) is 23.5 Å². The summed E-state index contributed by atoms with van der Waals surface area (Å²) in [6, 6.07) is 7.01. The lowest BCUT2D eigenvalue weighted by molar-refractivity contribution is -0.142. The van der Waals surface area contributed by atoms with Crippen LogP contribution in [0.1, 0.15) is 18.9 Å². The second-order valence-electron chi connectivity index (χ2n) is 5.23. The van der Waals surface area contributed by atoms with Crippen LogP contribution in [0.3, 0.4) is 0 Å². The van der Waals surface area contributed by atoms with Crippen LogP contribution >= 0.6 is 23.5 Å². The maximum Gasteiger partial charge on any atom is 0.343 e. The van der Waals surface area contributed by atoms with Gasteiger partial charge in [-0.1, -0.05) is 0 Å². The molecule has 8 heteroatoms. The SMILES string of the molecule is COC(=O)COc1ccc(/C=N\NC(=O)CC2(C)SCCS2)cc1. The van der Waals surface area contributed by atoms with Gasteiger partial charge in [-0.05, 0) is 36.8 Å². The number of esters is 1. The molecular weight excluding hydrogens is 348 g/mol. The minimum absolute atomic E-state index is 0.0434. The number of nitrogens with one attached hydrogen (secondary N) is 1. The summed E-state index contributed by atoms with van der Waals surface area (Å²) in [5.41, 5.74) is 3.37. The quantitative estimate of drug-likeness (QED) is 0.452. The highest BCUT2D eigenvalue weighted by Crippen LogP contribution is 2.45. The summed E-state index contributed by atoms with van der Waals surface area (Å²) in [6.45, 7) is 1.96. The molecule has 0 radical (unpaired) electrons. The van der Waals surface area contributed by atoms with Crippen molar-refractivity contribution in [1.29, 1.82) is 0 Å². The fourth-order valence-corrected chi connectivity index (χ4v) is 4.85. The molecule has 1 saturated heterocycles. The molecule has 1 aromatic carbocycles. The van der Waals surface area contributed by atoms with E-state index in [1.54, 1.807) is 30.5 Å². The van der Waals surface area contributed by atoms with Gasteiger partial charge in [-0.25, -0.2) is 10.2 Å². The van der Waals surface area contributed by atoms with Crippen LogP contribution in [0.15, 0.2) is 29.4 Å². The van der Waals surface area contributed by atoms with Crippen LogP contribution in [0.4, 0.5) is 0 Å². The van der Waals surface area contributed by atoms with E-state index < -0.39 is 5.97 Å². The van der Waals surface area contributed by atoms with Crippen LogP contribution in [0.2, 0.25) is 0 Å². The van der Waals surface area contributed by atoms with Crippen LogP contribution in [-0.4, -0.2) is 47.4 Å². The number of benzene rings is 1. The minimum Gasteiger partial charge on any atom is -0.482 e. The average Bonchev–Trinajstić information content (AvgIpc) is 2.99. The van der Waals surface area contributed by atoms with Gasteiger partial charge in [0.1, 0.15) is 5.75 Å². The molecule has 6 nitrogen and oxygen atoms in total. The second kappa shape index (κ2) is 8.98. The van der Waals surface area contributed by atoms with Gasteiger partial charge < -0.3 is 9.47 Å². The smallest absolute Gasteiger partial charge is 0.343 e. The van der Waals surface area contributed by atoms with Gasteiger partial charge in [0.05, 0.1) is 23.8 Å². The first kappa shape index (κ1) is 18.7. The Kier molecular flexibility index (Phi) is 6.99. The van der Waals surface area contributed by atoms with Crippen molar-refractivity contribution in [2.75, 3.05) is 25.2 Å². The van der Waals surface area contributed by atoms with Crippen molar-refractivity contribution >= 4 is 41.6 Å². The van der Waals surface area contributed by atoms with E-state index in [0.717, 1.165) is 17.1 Å². The molecule has 0 atom stereocenters. The molecule has 1 aromatic rings. The summed E-state index contributed by atoms with van der Waals surface area (Å²) in [6.07, 6.45) is 2.01. The zero-order valence-electron chi connectivity index (χ0n) is 13.6. The lowest BCUT2D eigenvalue weighted by Crippen LogP contribution is -2.26. The lowest BCUT2D eigenvalue weighted by atomic mass is 10.2. The first-order valence-electron chi connectivity index (χ1n) is 7.40. The van der Waals surface area contributed by atoms with Crippen molar-refractivity contribution in [2.45, 2.75) is 17.4 Å². The zero-order chi connectivity index (χ0) is 17.4. The molecule has 130 valence electrons. The summed E-state index contributed by atoms with van der Waals surface area (Å²) in [7, 11) is 1.31. The molecule has 24 heavy (non-hydrogen) atoms. The van der Waals surface area contributed by atoms with Crippen molar-refractivity contribution in [3.05, 3.63) is 29.8 Å². The first-order valence-corrected chi connectivity index (χ1v) is 9.37. The van der Waals surface area contributed by atoms with Crippen LogP contribution in [0.25, 0.3) is 0 Å². The summed E-state index contributed by atoms with van der Waals surface area (Å²) in [5, 5.41) is 3.97. The minimum atomic E-state index is -0.435. The number of nitrogens with zero attached hydrogens (tertiary/aromatic N) is 1. The number of carbonyl (C=O) groups excluding carboxylic acids is 2. The number of hydrazone groups is 1. The van der Waals surface area contributed by atoms with Gasteiger partial charge in [0.25, 0.3) is 0 Å². The van der Waals surface area contributed by atoms with Crippen LogP contribution in [-0.2, 0) is 14.3 Å². The standard InChI is InChI=1S/C16H20N2O4S2/c1-16(23-7-8-24-16)9-14(19)18-17-10-12-3-5-13(6-4-12)22-11-15(20)21-2/h3-6,10H,7-9,11H2,1-2H3,(H,18,19)/b17-10-. The van der Waals surface area contributed by atoms with Crippen LogP contribution in [0.5, 0.6) is 5.75 Å². The van der Waals surface area contributed by atoms with Crippen molar-refractivity contribution in [3.63, 3.8) is 0 Å². The summed E-state index contributed by atoms with van der Waals surface area (Å²) in [4.78, 5) is 22.9. The predicted molar refractivity (Wildman–Crippen MR) is 97.6 cm³/mol. The van der Waals surface area contributed by atoms with Crippen molar-refractivity contribution in [2.24, 2.45) is 5.10 Å². The van der Waals surface area contributed by atoms with E-state index in [-0.39, 0.29) is 16.6 Å². The number of hydrogen-bond acceptors (Lipinski definition) is 7. The number of carbonyl (C=O) groups is 2. The van der Waals surface area contributed by atoms with Gasteiger partial charge in [0.15, 0.2) is 6.61 Å². The molecule has 0 unspecified atom stereocenters. The zero-order valence-corrected chi connectivity index (χ0v) is 15.2. The summed E-state index contributed by atoms with van der Waals surface area (Å²) < 4.78 is 9.70. The van der Waals surface area contributed by atoms with E-state index in [2.05, 4.69) is 22.2 Å². The number of thioether (sulfide) groups is 2. The molecule has 0 spiro atoms. The molecule has 1 aliphatic heterocycles. The third kappa shape index (κ3) is 6.09. The Balaban J connectivity index is 1.77. The van der Waals surface area contributed by atoms with Crippen molar-refractivity contribution in [3.8, 4) is 5.75 Å². The van der Waals surface area contributed by atoms with Gasteiger partial charge in [0.2, 0.25) is 5.91 Å². The molecule has 1 N–H and O–H groups in total. The molecule has 2 rings (SSSR count). The third-order valence-electron chi connectivity index (χ3n) is 3.25. The predicted octanol–water partition coefficient (Wildman–Crippen LogP) is 2.27. The van der Waals surface area contributed by atoms with Gasteiger partial charge in [-0.3, -0.25) is 4.79 Å². The Morgan fingerprint density at radius 1 is 1.29 bits per heavy atom. The fourth-order valence-electron chi connectivity index (χ4n) is 2.02. The third-order valence-corrected chi connectivity index (χ3v) is 6.54. The first-order chi connectivity index (χ1) is 11.5. The average molecular weight is 368 g/mol. The number of methoxy groups -OCH3 is 1. The van der Waals surface area contributed by atoms with Gasteiger partial charge in [-0.2, -0.15) is 5.10 Å². The molecule has 1 amide bonds. The molecule has 1 fully saturated rings. The number of hydrogen-bond donors (Lipinski definition) is 1. The van der Waals surface area contributed by atoms with Crippen molar-refractivity contribution < 1.29 is 19.1 Å². The number of amides is 1. The maximum absolute atomic E-state index is 11.9. The Morgan fingerprint density at radius 2 is 1.96 bits per heavy atom. The largest absolute Gasteiger partial charge is 0.482 e. The topological polar surface area (TPSA) is 77.0 Å². The van der Waals surface area contributed by atoms with Gasteiger partial charge >= 0.3 is 5.97 Å². The number of ether oxygens (including phenoxy) is 2. The fraction of sp³-hybridized carbons (Fsp3) is 0.438. The molecule has 1 heterocycles. The van der Waals surface area contributed by atoms with E-state index in [4.69, 9.17) is 4.74 Å². The molecule has 0 aromatic heterocycles. The Bertz CT molecular complexity index is 599. The maximum atomic E-state index is 11.9. The lowest BCUT2D eigenvalue weighted by Gasteiger charge is -2.19. The highest BCUT2D eigenvalue weighted by atomic mass is 32.2. The Morgan fingerprint density at radius 3 is 2.58 bits per heavy atom. The Hall–Kier alpha value is -1.67. The van der Waals surface area contributed by atoms with Crippen LogP contribution in [0, 0.1) is 0 Å². The number of rotatable bonds is 7. The van der Waals surface area contributed by atoms with Crippen molar-refractivity contribution in [1.82, 2.24) is 5.43 Å². The van der Waals surface area contributed by atoms with E-state index in [1.165, 1.54) is 7.11 Å². The van der Waals surface area contributed by atoms with E-state index in [0.29, 0.717) is 12.2 Å². The molecular formula is C16H20N2O4S2. The molecule has 1 aliphatic rings. The molecule has 0 bridgehead atoms. The molecule has 0 aliphatic carbocycles. The summed E-state index contributed by atoms with van der Waals surface area (Å²) >= 11 is 3.63. The highest BCUT2D eigenvalue weighted by Gasteiger charge is 2.32. The van der Waals surface area contributed by atoms with E-state index >= 15 is 0 Å². The molecule has 0 saturated carbocycles. The summed E-state index contributed by atoms with van der Waals surface area (Å²) in [5.74, 6) is 2.21. The Labute approximate surface area is 149 Å². The van der Waals surface area contributed by atoms with Crippen LogP contribution < -0.4 is 10.2 Å². The van der Waals surface area contributed by atoms with Gasteiger partial charge in [-0.15, -0.1) is 23.5 Å². The van der Waals surface area contributed by atoms with E-state index in [9.17, 15) is 9.59 Å². The second-order valence-corrected chi connectivity index (χ2v) is 8.69. The monoisotopic (exact) mass is 368 g/mol. The highest BCUT2D eigenvalue weighted by molar-refractivity contribution is 8.21. The van der Waals surface area contributed by atoms with Gasteiger partial charge in [0, 0.05) is 11.5 Å².